The fourth-order valence-corrected chi connectivity index (χ4v) is 1.68. The first-order valence-electron chi connectivity index (χ1n) is 4.53. The van der Waals surface area contributed by atoms with Gasteiger partial charge < -0.3 is 9.72 Å². The highest BCUT2D eigenvalue weighted by Gasteiger charge is 2.20. The molecular formula is C9H11ClN2O2. The molecule has 0 saturated carbocycles. The third kappa shape index (κ3) is 1.81. The number of aromatic nitrogens is 2. The zero-order valence-corrected chi connectivity index (χ0v) is 8.38. The Bertz CT molecular complexity index is 371. The summed E-state index contributed by atoms with van der Waals surface area (Å²) in [5.74, 6) is 1.14. The highest BCUT2D eigenvalue weighted by molar-refractivity contribution is 6.16. The van der Waals surface area contributed by atoms with Gasteiger partial charge in [-0.15, -0.1) is 11.6 Å². The van der Waals surface area contributed by atoms with Crippen LogP contribution in [0.25, 0.3) is 0 Å². The van der Waals surface area contributed by atoms with E-state index in [0.29, 0.717) is 18.0 Å². The second kappa shape index (κ2) is 4.11. The van der Waals surface area contributed by atoms with Gasteiger partial charge in [0.05, 0.1) is 18.1 Å². The van der Waals surface area contributed by atoms with Crippen LogP contribution in [0.1, 0.15) is 23.7 Å². The van der Waals surface area contributed by atoms with Crippen molar-refractivity contribution in [1.29, 1.82) is 0 Å². The number of aromatic amines is 1. The van der Waals surface area contributed by atoms with E-state index in [1.165, 1.54) is 0 Å². The summed E-state index contributed by atoms with van der Waals surface area (Å²) >= 11 is 5.56. The summed E-state index contributed by atoms with van der Waals surface area (Å²) in [6.07, 6.45) is 2.46. The van der Waals surface area contributed by atoms with Crippen LogP contribution in [0.4, 0.5) is 0 Å². The van der Waals surface area contributed by atoms with Crippen molar-refractivity contribution in [2.24, 2.45) is 0 Å². The van der Waals surface area contributed by atoms with E-state index in [1.54, 1.807) is 6.20 Å². The summed E-state index contributed by atoms with van der Waals surface area (Å²) in [4.78, 5) is 18.3. The Morgan fingerprint density at radius 2 is 2.57 bits per heavy atom. The quantitative estimate of drug-likeness (QED) is 0.748. The summed E-state index contributed by atoms with van der Waals surface area (Å²) in [7, 11) is 0. The third-order valence-electron chi connectivity index (χ3n) is 2.35. The van der Waals surface area contributed by atoms with Gasteiger partial charge in [0, 0.05) is 18.7 Å². The lowest BCUT2D eigenvalue weighted by Gasteiger charge is -2.06. The van der Waals surface area contributed by atoms with Crippen LogP contribution in [0.15, 0.2) is 11.0 Å². The first-order chi connectivity index (χ1) is 6.81. The first kappa shape index (κ1) is 9.68. The molecule has 0 bridgehead atoms. The number of nitrogens with zero attached hydrogens (tertiary/aromatic N) is 1. The molecule has 5 heteroatoms. The molecule has 1 aromatic heterocycles. The van der Waals surface area contributed by atoms with E-state index in [0.717, 1.165) is 13.0 Å². The highest BCUT2D eigenvalue weighted by Crippen LogP contribution is 2.20. The number of hydrogen-bond acceptors (Lipinski definition) is 3. The molecule has 0 aliphatic carbocycles. The topological polar surface area (TPSA) is 55.0 Å². The Kier molecular flexibility index (Phi) is 2.84. The number of halogens is 1. The maximum atomic E-state index is 11.4. The van der Waals surface area contributed by atoms with Crippen LogP contribution in [0, 0.1) is 0 Å². The SMILES string of the molecule is O=c1[nH]c(C2CCOC2)ncc1CCl. The highest BCUT2D eigenvalue weighted by atomic mass is 35.5. The monoisotopic (exact) mass is 214 g/mol. The van der Waals surface area contributed by atoms with E-state index in [-0.39, 0.29) is 17.4 Å². The molecule has 0 aromatic carbocycles. The van der Waals surface area contributed by atoms with Crippen LogP contribution in [0.2, 0.25) is 0 Å². The number of H-pyrrole nitrogens is 1. The van der Waals surface area contributed by atoms with Crippen molar-refractivity contribution >= 4 is 11.6 Å². The Labute approximate surface area is 86.3 Å². The molecule has 4 nitrogen and oxygen atoms in total. The van der Waals surface area contributed by atoms with Crippen LogP contribution in [0.3, 0.4) is 0 Å². The van der Waals surface area contributed by atoms with E-state index < -0.39 is 0 Å². The standard InChI is InChI=1S/C9H11ClN2O2/c10-3-7-4-11-8(12-9(7)13)6-1-2-14-5-6/h4,6H,1-3,5H2,(H,11,12,13). The third-order valence-corrected chi connectivity index (χ3v) is 2.64. The van der Waals surface area contributed by atoms with Crippen molar-refractivity contribution in [3.05, 3.63) is 27.9 Å². The zero-order valence-electron chi connectivity index (χ0n) is 7.62. The number of nitrogens with one attached hydrogen (secondary N) is 1. The van der Waals surface area contributed by atoms with E-state index in [4.69, 9.17) is 16.3 Å². The van der Waals surface area contributed by atoms with E-state index in [9.17, 15) is 4.79 Å². The van der Waals surface area contributed by atoms with E-state index in [1.807, 2.05) is 0 Å². The van der Waals surface area contributed by atoms with Crippen LogP contribution in [-0.2, 0) is 10.6 Å². The van der Waals surface area contributed by atoms with Crippen molar-refractivity contribution in [3.63, 3.8) is 0 Å². The van der Waals surface area contributed by atoms with Crippen LogP contribution < -0.4 is 5.56 Å². The lowest BCUT2D eigenvalue weighted by molar-refractivity contribution is 0.193. The van der Waals surface area contributed by atoms with Gasteiger partial charge >= 0.3 is 0 Å². The molecule has 76 valence electrons. The first-order valence-corrected chi connectivity index (χ1v) is 5.06. The van der Waals surface area contributed by atoms with E-state index >= 15 is 0 Å². The van der Waals surface area contributed by atoms with Gasteiger partial charge in [-0.3, -0.25) is 4.79 Å². The predicted octanol–water partition coefficient (Wildman–Crippen LogP) is 1.01. The fourth-order valence-electron chi connectivity index (χ4n) is 1.49. The lowest BCUT2D eigenvalue weighted by Crippen LogP contribution is -2.17. The fraction of sp³-hybridized carbons (Fsp3) is 0.556. The molecule has 1 fully saturated rings. The summed E-state index contributed by atoms with van der Waals surface area (Å²) < 4.78 is 5.22. The minimum atomic E-state index is -0.142. The molecule has 1 N–H and O–H groups in total. The van der Waals surface area contributed by atoms with Gasteiger partial charge in [0.25, 0.3) is 5.56 Å². The van der Waals surface area contributed by atoms with Gasteiger partial charge in [0.1, 0.15) is 5.82 Å². The molecule has 1 aliphatic rings. The molecule has 1 atom stereocenters. The van der Waals surface area contributed by atoms with Gasteiger partial charge in [0.2, 0.25) is 0 Å². The van der Waals surface area contributed by atoms with Crippen LogP contribution >= 0.6 is 11.6 Å². The molecule has 14 heavy (non-hydrogen) atoms. The van der Waals surface area contributed by atoms with E-state index in [2.05, 4.69) is 9.97 Å². The second-order valence-electron chi connectivity index (χ2n) is 3.32. The van der Waals surface area contributed by atoms with Crippen LogP contribution in [-0.4, -0.2) is 23.2 Å². The number of ether oxygens (including phenoxy) is 1. The van der Waals surface area contributed by atoms with Crippen molar-refractivity contribution in [3.8, 4) is 0 Å². The molecular weight excluding hydrogens is 204 g/mol. The number of rotatable bonds is 2. The zero-order chi connectivity index (χ0) is 9.97. The minimum absolute atomic E-state index is 0.142. The summed E-state index contributed by atoms with van der Waals surface area (Å²) in [6, 6.07) is 0. The molecule has 2 heterocycles. The molecule has 1 unspecified atom stereocenters. The minimum Gasteiger partial charge on any atom is -0.381 e. The van der Waals surface area contributed by atoms with Gasteiger partial charge in [-0.05, 0) is 6.42 Å². The second-order valence-corrected chi connectivity index (χ2v) is 3.58. The Hall–Kier alpha value is -0.870. The Balaban J connectivity index is 2.27. The Morgan fingerprint density at radius 1 is 1.71 bits per heavy atom. The maximum Gasteiger partial charge on any atom is 0.255 e. The largest absolute Gasteiger partial charge is 0.381 e. The summed E-state index contributed by atoms with van der Waals surface area (Å²) in [5.41, 5.74) is 0.367. The smallest absolute Gasteiger partial charge is 0.255 e. The van der Waals surface area contributed by atoms with Crippen LogP contribution in [0.5, 0.6) is 0 Å². The van der Waals surface area contributed by atoms with Crippen molar-refractivity contribution in [1.82, 2.24) is 9.97 Å². The molecule has 1 aromatic rings. The van der Waals surface area contributed by atoms with Gasteiger partial charge in [-0.2, -0.15) is 0 Å². The van der Waals surface area contributed by atoms with Gasteiger partial charge in [-0.25, -0.2) is 4.98 Å². The van der Waals surface area contributed by atoms with Gasteiger partial charge in [-0.1, -0.05) is 0 Å². The average Bonchev–Trinajstić information content (AvgIpc) is 2.70. The molecule has 2 rings (SSSR count). The van der Waals surface area contributed by atoms with Crippen molar-refractivity contribution < 1.29 is 4.74 Å². The number of alkyl halides is 1. The molecule has 1 aliphatic heterocycles. The molecule has 1 saturated heterocycles. The predicted molar refractivity (Wildman–Crippen MR) is 52.6 cm³/mol. The molecule has 0 radical (unpaired) electrons. The normalized spacial score (nSPS) is 21.4. The average molecular weight is 215 g/mol. The lowest BCUT2D eigenvalue weighted by atomic mass is 10.1. The molecule has 0 amide bonds. The molecule has 0 spiro atoms. The Morgan fingerprint density at radius 3 is 3.14 bits per heavy atom. The summed E-state index contributed by atoms with van der Waals surface area (Å²) in [6.45, 7) is 1.38. The van der Waals surface area contributed by atoms with Gasteiger partial charge in [0.15, 0.2) is 0 Å². The maximum absolute atomic E-state index is 11.4. The number of hydrogen-bond donors (Lipinski definition) is 1. The van der Waals surface area contributed by atoms with Crippen molar-refractivity contribution in [2.45, 2.75) is 18.2 Å². The summed E-state index contributed by atoms with van der Waals surface area (Å²) in [5, 5.41) is 0. The van der Waals surface area contributed by atoms with Crippen molar-refractivity contribution in [2.75, 3.05) is 13.2 Å².